The topological polar surface area (TPSA) is 23.6 Å². The van der Waals surface area contributed by atoms with Gasteiger partial charge in [0.25, 0.3) is 0 Å². The van der Waals surface area contributed by atoms with Crippen LogP contribution in [-0.4, -0.2) is 47.9 Å². The van der Waals surface area contributed by atoms with E-state index in [0.717, 1.165) is 31.0 Å². The molecule has 1 amide bonds. The monoisotopic (exact) mass is 334 g/mol. The van der Waals surface area contributed by atoms with Crippen LogP contribution in [0.1, 0.15) is 44.6 Å². The second-order valence-electron chi connectivity index (χ2n) is 6.89. The number of halogens is 1. The maximum absolute atomic E-state index is 13.2. The van der Waals surface area contributed by atoms with Gasteiger partial charge in [-0.15, -0.1) is 0 Å². The molecule has 2 heterocycles. The molecular formula is C19H27ClN2O. The van der Waals surface area contributed by atoms with Crippen LogP contribution in [0.5, 0.6) is 0 Å². The van der Waals surface area contributed by atoms with E-state index in [0.29, 0.717) is 23.9 Å². The molecule has 2 aliphatic heterocycles. The summed E-state index contributed by atoms with van der Waals surface area (Å²) in [4.78, 5) is 17.7. The van der Waals surface area contributed by atoms with E-state index in [9.17, 15) is 4.79 Å². The van der Waals surface area contributed by atoms with Gasteiger partial charge in [0.2, 0.25) is 5.91 Å². The maximum atomic E-state index is 13.2. The Morgan fingerprint density at radius 2 is 1.87 bits per heavy atom. The van der Waals surface area contributed by atoms with Crippen molar-refractivity contribution in [2.45, 2.75) is 51.1 Å². The van der Waals surface area contributed by atoms with Gasteiger partial charge in [-0.05, 0) is 63.8 Å². The first kappa shape index (κ1) is 16.8. The lowest BCUT2D eigenvalue weighted by molar-refractivity contribution is -0.139. The molecule has 1 aromatic rings. The van der Waals surface area contributed by atoms with E-state index in [1.165, 1.54) is 12.0 Å². The third-order valence-corrected chi connectivity index (χ3v) is 6.18. The fourth-order valence-electron chi connectivity index (χ4n) is 4.60. The lowest BCUT2D eigenvalue weighted by Gasteiger charge is -2.44. The van der Waals surface area contributed by atoms with E-state index >= 15 is 0 Å². The number of hydrogen-bond acceptors (Lipinski definition) is 2. The Hall–Kier alpha value is -1.06. The smallest absolute Gasteiger partial charge is 0.227 e. The van der Waals surface area contributed by atoms with Crippen molar-refractivity contribution in [2.75, 3.05) is 20.1 Å². The van der Waals surface area contributed by atoms with Crippen molar-refractivity contribution >= 4 is 17.5 Å². The highest BCUT2D eigenvalue weighted by Gasteiger charge is 2.49. The van der Waals surface area contributed by atoms with Crippen LogP contribution in [0.2, 0.25) is 5.02 Å². The highest BCUT2D eigenvalue weighted by molar-refractivity contribution is 6.30. The molecule has 0 aliphatic carbocycles. The number of nitrogens with zero attached hydrogens (tertiary/aromatic N) is 2. The van der Waals surface area contributed by atoms with Gasteiger partial charge in [0.1, 0.15) is 0 Å². The molecule has 126 valence electrons. The zero-order chi connectivity index (χ0) is 16.6. The van der Waals surface area contributed by atoms with E-state index < -0.39 is 0 Å². The summed E-state index contributed by atoms with van der Waals surface area (Å²) in [6.07, 6.45) is 3.43. The fraction of sp³-hybridized carbons (Fsp3) is 0.632. The summed E-state index contributed by atoms with van der Waals surface area (Å²) in [5, 5.41) is 0.760. The molecule has 2 aliphatic rings. The molecule has 3 nitrogen and oxygen atoms in total. The van der Waals surface area contributed by atoms with Crippen LogP contribution in [-0.2, 0) is 4.79 Å². The normalized spacial score (nSPS) is 30.4. The molecule has 0 N–H and O–H groups in total. The summed E-state index contributed by atoms with van der Waals surface area (Å²) < 4.78 is 0. The van der Waals surface area contributed by atoms with Gasteiger partial charge in [0.15, 0.2) is 0 Å². The largest absolute Gasteiger partial charge is 0.343 e. The molecule has 4 heteroatoms. The molecule has 0 unspecified atom stereocenters. The van der Waals surface area contributed by atoms with Gasteiger partial charge in [-0.3, -0.25) is 9.69 Å². The van der Waals surface area contributed by atoms with Crippen molar-refractivity contribution in [3.63, 3.8) is 0 Å². The third kappa shape index (κ3) is 3.01. The minimum Gasteiger partial charge on any atom is -0.343 e. The highest BCUT2D eigenvalue weighted by atomic mass is 35.5. The lowest BCUT2D eigenvalue weighted by atomic mass is 9.75. The van der Waals surface area contributed by atoms with Crippen LogP contribution >= 0.6 is 11.6 Å². The first-order chi connectivity index (χ1) is 11.1. The van der Waals surface area contributed by atoms with E-state index in [2.05, 4.69) is 37.9 Å². The summed E-state index contributed by atoms with van der Waals surface area (Å²) in [6, 6.07) is 9.12. The summed E-state index contributed by atoms with van der Waals surface area (Å²) in [5.74, 6) is 0.709. The van der Waals surface area contributed by atoms with Crippen molar-refractivity contribution in [3.05, 3.63) is 34.9 Å². The number of hydrogen-bond donors (Lipinski definition) is 0. The number of carbonyl (C=O) groups is 1. The zero-order valence-electron chi connectivity index (χ0n) is 14.3. The summed E-state index contributed by atoms with van der Waals surface area (Å²) in [7, 11) is 2.20. The number of fused-ring (bicyclic) bond motifs is 2. The summed E-state index contributed by atoms with van der Waals surface area (Å²) in [6.45, 7) is 5.73. The quantitative estimate of drug-likeness (QED) is 0.836. The molecule has 0 aromatic heterocycles. The predicted octanol–water partition coefficient (Wildman–Crippen LogP) is 3.77. The SMILES string of the molecule is CCN(CC)C(=O)[C@H]1[C@@H](c2ccc(Cl)cc2)C[C@@H]2CC[C@H]1N2C. The average Bonchev–Trinajstić information content (AvgIpc) is 2.79. The van der Waals surface area contributed by atoms with Crippen LogP contribution in [0.4, 0.5) is 0 Å². The molecule has 0 spiro atoms. The molecule has 2 fully saturated rings. The molecule has 4 atom stereocenters. The molecular weight excluding hydrogens is 308 g/mol. The Labute approximate surface area is 144 Å². The minimum absolute atomic E-state index is 0.0693. The van der Waals surface area contributed by atoms with Gasteiger partial charge in [0.05, 0.1) is 5.92 Å². The van der Waals surface area contributed by atoms with Crippen molar-refractivity contribution in [3.8, 4) is 0 Å². The Morgan fingerprint density at radius 3 is 2.48 bits per heavy atom. The zero-order valence-corrected chi connectivity index (χ0v) is 15.1. The first-order valence-corrected chi connectivity index (χ1v) is 9.20. The van der Waals surface area contributed by atoms with E-state index in [1.807, 2.05) is 17.0 Å². The van der Waals surface area contributed by atoms with E-state index in [1.54, 1.807) is 0 Å². The van der Waals surface area contributed by atoms with Crippen LogP contribution in [0.25, 0.3) is 0 Å². The Kier molecular flexibility index (Phi) is 4.98. The molecule has 2 saturated heterocycles. The van der Waals surface area contributed by atoms with Gasteiger partial charge in [-0.25, -0.2) is 0 Å². The predicted molar refractivity (Wildman–Crippen MR) is 94.8 cm³/mol. The fourth-order valence-corrected chi connectivity index (χ4v) is 4.73. The van der Waals surface area contributed by atoms with Gasteiger partial charge < -0.3 is 4.90 Å². The third-order valence-electron chi connectivity index (χ3n) is 5.93. The minimum atomic E-state index is 0.0693. The summed E-state index contributed by atoms with van der Waals surface area (Å²) >= 11 is 6.05. The van der Waals surface area contributed by atoms with Crippen molar-refractivity contribution in [2.24, 2.45) is 5.92 Å². The molecule has 1 aromatic carbocycles. The van der Waals surface area contributed by atoms with Crippen LogP contribution < -0.4 is 0 Å². The molecule has 0 saturated carbocycles. The van der Waals surface area contributed by atoms with Gasteiger partial charge in [0, 0.05) is 30.2 Å². The average molecular weight is 335 g/mol. The lowest BCUT2D eigenvalue weighted by Crippen LogP contribution is -2.52. The molecule has 2 bridgehead atoms. The van der Waals surface area contributed by atoms with Gasteiger partial charge in [-0.2, -0.15) is 0 Å². The first-order valence-electron chi connectivity index (χ1n) is 8.83. The van der Waals surface area contributed by atoms with Crippen molar-refractivity contribution < 1.29 is 4.79 Å². The Bertz CT molecular complexity index is 555. The number of benzene rings is 1. The summed E-state index contributed by atoms with van der Waals surface area (Å²) in [5.41, 5.74) is 1.27. The van der Waals surface area contributed by atoms with Crippen molar-refractivity contribution in [1.29, 1.82) is 0 Å². The molecule has 3 rings (SSSR count). The number of rotatable bonds is 4. The van der Waals surface area contributed by atoms with Gasteiger partial charge in [-0.1, -0.05) is 23.7 Å². The van der Waals surface area contributed by atoms with Crippen LogP contribution in [0.15, 0.2) is 24.3 Å². The Morgan fingerprint density at radius 1 is 1.22 bits per heavy atom. The van der Waals surface area contributed by atoms with E-state index in [4.69, 9.17) is 11.6 Å². The van der Waals surface area contributed by atoms with Crippen LogP contribution in [0, 0.1) is 5.92 Å². The second kappa shape index (κ2) is 6.82. The second-order valence-corrected chi connectivity index (χ2v) is 7.33. The van der Waals surface area contributed by atoms with E-state index in [-0.39, 0.29) is 5.92 Å². The molecule has 23 heavy (non-hydrogen) atoms. The van der Waals surface area contributed by atoms with Crippen molar-refractivity contribution in [1.82, 2.24) is 9.80 Å². The maximum Gasteiger partial charge on any atom is 0.227 e. The van der Waals surface area contributed by atoms with Gasteiger partial charge >= 0.3 is 0 Å². The highest BCUT2D eigenvalue weighted by Crippen LogP contribution is 2.47. The number of piperidine rings is 1. The standard InChI is InChI=1S/C19H27ClN2O/c1-4-22(5-2)19(23)18-16(13-6-8-14(20)9-7-13)12-15-10-11-17(18)21(15)3/h6-9,15-18H,4-5,10-12H2,1-3H3/t15-,16+,17+,18-/m0/s1. The number of amides is 1. The van der Waals surface area contributed by atoms with Crippen LogP contribution in [0.3, 0.4) is 0 Å². The molecule has 0 radical (unpaired) electrons. The Balaban J connectivity index is 1.95. The number of carbonyl (C=O) groups excluding carboxylic acids is 1.